The number of likely N-dealkylation sites (tertiary alicyclic amines) is 1. The van der Waals surface area contributed by atoms with Crippen LogP contribution in [0.15, 0.2) is 64.2 Å². The number of nitrogens with zero attached hydrogens (tertiary/aromatic N) is 4. The molecule has 0 saturated carbocycles. The number of para-hydroxylation sites is 2. The molecule has 2 amide bonds. The van der Waals surface area contributed by atoms with Crippen molar-refractivity contribution in [3.8, 4) is 0 Å². The predicted molar refractivity (Wildman–Crippen MR) is 180 cm³/mol. The molecule has 1 saturated heterocycles. The molecule has 51 heavy (non-hydrogen) atoms. The number of alkyl halides is 3. The fourth-order valence-electron chi connectivity index (χ4n) is 7.25. The normalized spacial score (nSPS) is 19.1. The monoisotopic (exact) mass is 725 g/mol. The Balaban J connectivity index is 1.09. The van der Waals surface area contributed by atoms with Crippen LogP contribution in [0.2, 0.25) is 5.02 Å². The van der Waals surface area contributed by atoms with Crippen LogP contribution < -0.4 is 10.6 Å². The van der Waals surface area contributed by atoms with E-state index in [1.54, 1.807) is 11.0 Å². The second-order valence-electron chi connectivity index (χ2n) is 13.1. The fourth-order valence-corrected chi connectivity index (χ4v) is 7.48. The van der Waals surface area contributed by atoms with Crippen molar-refractivity contribution in [3.63, 3.8) is 0 Å². The lowest BCUT2D eigenvalue weighted by Gasteiger charge is -2.41. The second kappa shape index (κ2) is 13.7. The van der Waals surface area contributed by atoms with Crippen LogP contribution in [0.1, 0.15) is 54.7 Å². The lowest BCUT2D eigenvalue weighted by molar-refractivity contribution is -0.137. The van der Waals surface area contributed by atoms with Crippen molar-refractivity contribution in [3.05, 3.63) is 82.1 Å². The molecule has 1 spiro atoms. The highest BCUT2D eigenvalue weighted by atomic mass is 35.5. The van der Waals surface area contributed by atoms with E-state index in [2.05, 4.69) is 25.8 Å². The zero-order chi connectivity index (χ0) is 35.9. The van der Waals surface area contributed by atoms with Crippen LogP contribution in [-0.2, 0) is 26.9 Å². The van der Waals surface area contributed by atoms with E-state index in [0.717, 1.165) is 23.8 Å². The Morgan fingerprint density at radius 3 is 2.59 bits per heavy atom. The van der Waals surface area contributed by atoms with E-state index < -0.39 is 23.1 Å². The van der Waals surface area contributed by atoms with Crippen molar-refractivity contribution in [2.75, 3.05) is 38.2 Å². The van der Waals surface area contributed by atoms with Gasteiger partial charge in [-0.2, -0.15) is 13.2 Å². The van der Waals surface area contributed by atoms with Crippen molar-refractivity contribution in [2.45, 2.75) is 45.2 Å². The molecule has 268 valence electrons. The molecule has 2 aromatic carbocycles. The number of amides is 2. The zero-order valence-electron chi connectivity index (χ0n) is 27.6. The Kier molecular flexibility index (Phi) is 9.27. The number of ether oxygens (including phenoxy) is 1. The Hall–Kier alpha value is -4.89. The maximum absolute atomic E-state index is 14.2. The number of nitrogens with one attached hydrogen (secondary N) is 3. The summed E-state index contributed by atoms with van der Waals surface area (Å²) in [5.41, 5.74) is 1.80. The summed E-state index contributed by atoms with van der Waals surface area (Å²) in [5, 5.41) is 13.0. The molecule has 1 atom stereocenters. The molecule has 4 heterocycles. The van der Waals surface area contributed by atoms with Gasteiger partial charge in [-0.1, -0.05) is 36.7 Å². The minimum absolute atomic E-state index is 0.0145. The van der Waals surface area contributed by atoms with Crippen molar-refractivity contribution < 1.29 is 36.7 Å². The van der Waals surface area contributed by atoms with Crippen molar-refractivity contribution in [1.29, 1.82) is 0 Å². The molecule has 4 aromatic rings. The van der Waals surface area contributed by atoms with Crippen molar-refractivity contribution in [2.24, 2.45) is 11.3 Å². The molecule has 1 unspecified atom stereocenters. The summed E-state index contributed by atoms with van der Waals surface area (Å²) in [6.07, 6.45) is -0.381. The molecule has 2 aromatic heterocycles. The number of hydrogen-bond donors (Lipinski definition) is 3. The smallest absolute Gasteiger partial charge is 0.416 e. The molecule has 3 aliphatic rings. The number of piperidine rings is 1. The number of carbonyl (C=O) groups excluding carboxylic acids is 3. The second-order valence-corrected chi connectivity index (χ2v) is 13.5. The minimum atomic E-state index is -4.58. The Bertz CT molecular complexity index is 2010. The van der Waals surface area contributed by atoms with Gasteiger partial charge in [0.15, 0.2) is 11.4 Å². The van der Waals surface area contributed by atoms with Crippen molar-refractivity contribution >= 4 is 51.7 Å². The fraction of sp³-hybridized carbons (Fsp3) is 0.400. The van der Waals surface area contributed by atoms with Gasteiger partial charge < -0.3 is 24.7 Å². The third kappa shape index (κ3) is 7.04. The van der Waals surface area contributed by atoms with Gasteiger partial charge >= 0.3 is 6.18 Å². The number of fused-ring (bicyclic) bond motifs is 1. The number of hydrogen-bond acceptors (Lipinski definition) is 8. The van der Waals surface area contributed by atoms with E-state index in [0.29, 0.717) is 86.1 Å². The number of oxazole rings is 1. The summed E-state index contributed by atoms with van der Waals surface area (Å²) in [6.45, 7) is 3.51. The van der Waals surface area contributed by atoms with Gasteiger partial charge in [-0.15, -0.1) is 9.90 Å². The van der Waals surface area contributed by atoms with Gasteiger partial charge in [0.1, 0.15) is 11.9 Å². The average molecular weight is 726 g/mol. The van der Waals surface area contributed by atoms with Gasteiger partial charge in [-0.3, -0.25) is 19.5 Å². The Morgan fingerprint density at radius 2 is 1.90 bits per heavy atom. The number of aromatic nitrogens is 4. The maximum Gasteiger partial charge on any atom is 0.416 e. The van der Waals surface area contributed by atoms with E-state index in [1.807, 2.05) is 31.2 Å². The average Bonchev–Trinajstić information content (AvgIpc) is 3.61. The van der Waals surface area contributed by atoms with Gasteiger partial charge in [0.05, 0.1) is 36.0 Å². The molecule has 7 rings (SSSR count). The molecule has 2 aliphatic heterocycles. The molecule has 16 heteroatoms. The third-order valence-electron chi connectivity index (χ3n) is 9.80. The summed E-state index contributed by atoms with van der Waals surface area (Å²) in [7, 11) is 0. The van der Waals surface area contributed by atoms with E-state index in [4.69, 9.17) is 20.8 Å². The lowest BCUT2D eigenvalue weighted by atomic mass is 9.72. The minimum Gasteiger partial charge on any atom is -0.440 e. The topological polar surface area (TPSA) is 147 Å². The van der Waals surface area contributed by atoms with Crippen molar-refractivity contribution in [1.82, 2.24) is 30.2 Å². The Morgan fingerprint density at radius 1 is 1.14 bits per heavy atom. The largest absolute Gasteiger partial charge is 0.440 e. The summed E-state index contributed by atoms with van der Waals surface area (Å²) in [6, 6.07) is 10.0. The lowest BCUT2D eigenvalue weighted by Crippen LogP contribution is -2.46. The number of rotatable bonds is 8. The number of halogens is 4. The van der Waals surface area contributed by atoms with E-state index in [9.17, 15) is 27.6 Å². The van der Waals surface area contributed by atoms with E-state index in [1.165, 1.54) is 4.80 Å². The highest BCUT2D eigenvalue weighted by Gasteiger charge is 2.50. The summed E-state index contributed by atoms with van der Waals surface area (Å²) < 4.78 is 50.4. The van der Waals surface area contributed by atoms with Gasteiger partial charge in [-0.25, -0.2) is 4.98 Å². The van der Waals surface area contributed by atoms with Gasteiger partial charge in [0, 0.05) is 29.8 Å². The molecule has 0 bridgehead atoms. The van der Waals surface area contributed by atoms with Crippen LogP contribution in [0.3, 0.4) is 0 Å². The summed E-state index contributed by atoms with van der Waals surface area (Å²) in [5.74, 6) is -0.273. The Labute approximate surface area is 295 Å². The number of anilines is 1. The van der Waals surface area contributed by atoms with Gasteiger partial charge in [0.2, 0.25) is 17.7 Å². The summed E-state index contributed by atoms with van der Waals surface area (Å²) >= 11 is 6.05. The van der Waals surface area contributed by atoms with Crippen LogP contribution in [0, 0.1) is 11.3 Å². The molecule has 1 aliphatic carbocycles. The van der Waals surface area contributed by atoms with E-state index >= 15 is 0 Å². The highest BCUT2D eigenvalue weighted by Crippen LogP contribution is 2.52. The highest BCUT2D eigenvalue weighted by molar-refractivity contribution is 6.33. The van der Waals surface area contributed by atoms with Gasteiger partial charge in [0.25, 0.3) is 5.91 Å². The number of carbonyl (C=O) groups is 3. The number of H-pyrrole nitrogens is 1. The first-order valence-corrected chi connectivity index (χ1v) is 17.0. The molecular formula is C35H35ClF3N7O5. The number of allylic oxidation sites excluding steroid dienone is 2. The van der Waals surface area contributed by atoms with Crippen LogP contribution in [0.25, 0.3) is 16.7 Å². The predicted octanol–water partition coefficient (Wildman–Crippen LogP) is 5.84. The summed E-state index contributed by atoms with van der Waals surface area (Å²) in [4.78, 5) is 48.0. The molecular weight excluding hydrogens is 691 g/mol. The molecule has 0 radical (unpaired) electrons. The number of aromatic amines is 1. The zero-order valence-corrected chi connectivity index (χ0v) is 28.4. The van der Waals surface area contributed by atoms with E-state index in [-0.39, 0.29) is 41.4 Å². The molecule has 3 N–H and O–H groups in total. The standard InChI is InChI=1S/C35H35ClF3N7O5/c1-20-18-34(10-12-45(13-11-34)29(48)17-28-42-25-4-2-3-5-26(25)51-28)30(33(49)46-43-32(44-46)21-8-14-50-15-9-21)31(20)40-19-27(47)41-24-7-6-22(16-23(24)36)35(37,38)39/h2-8,16,20,40H,9-15,17-19H2,1H3,(H,41,47)(H,43,44). The third-order valence-corrected chi connectivity index (χ3v) is 10.1. The molecule has 12 nitrogen and oxygen atoms in total. The van der Waals surface area contributed by atoms with Gasteiger partial charge in [-0.05, 0) is 67.5 Å². The van der Waals surface area contributed by atoms with Crippen LogP contribution in [0.5, 0.6) is 0 Å². The maximum atomic E-state index is 14.2. The van der Waals surface area contributed by atoms with Crippen LogP contribution >= 0.6 is 11.6 Å². The van der Waals surface area contributed by atoms with Crippen LogP contribution in [0.4, 0.5) is 18.9 Å². The first-order valence-electron chi connectivity index (χ1n) is 16.6. The first-order chi connectivity index (χ1) is 24.4. The molecule has 1 fully saturated rings. The SMILES string of the molecule is CC1CC2(CCN(C(=O)Cc3nc4ccccc4o3)CC2)C(C(=O)n2nc(C3=CCOCC3)[nH]2)=C1NCC(=O)Nc1ccc(C(F)(F)F)cc1Cl. The number of benzene rings is 2. The van der Waals surface area contributed by atoms with Crippen LogP contribution in [-0.4, -0.2) is 75.4 Å². The quantitative estimate of drug-likeness (QED) is 0.205. The first kappa shape index (κ1) is 34.6.